The number of benzene rings is 1. The zero-order valence-corrected chi connectivity index (χ0v) is 15.4. The Hall–Kier alpha value is -2.33. The van der Waals surface area contributed by atoms with Gasteiger partial charge in [0, 0.05) is 12.6 Å². The van der Waals surface area contributed by atoms with Gasteiger partial charge in [0.2, 0.25) is 5.89 Å². The zero-order chi connectivity index (χ0) is 17.8. The summed E-state index contributed by atoms with van der Waals surface area (Å²) in [5.74, 6) is 1.57. The van der Waals surface area contributed by atoms with Gasteiger partial charge in [-0.25, -0.2) is 4.98 Å². The van der Waals surface area contributed by atoms with Crippen molar-refractivity contribution in [1.82, 2.24) is 9.88 Å². The Morgan fingerprint density at radius 1 is 1.15 bits per heavy atom. The van der Waals surface area contributed by atoms with Gasteiger partial charge < -0.3 is 8.83 Å². The molecule has 0 bridgehead atoms. The van der Waals surface area contributed by atoms with Gasteiger partial charge in [-0.15, -0.1) is 0 Å². The third kappa shape index (κ3) is 3.91. The first-order chi connectivity index (χ1) is 12.8. The smallest absolute Gasteiger partial charge is 0.229 e. The van der Waals surface area contributed by atoms with Gasteiger partial charge in [-0.1, -0.05) is 36.8 Å². The van der Waals surface area contributed by atoms with Crippen molar-refractivity contribution in [3.05, 3.63) is 65.9 Å². The van der Waals surface area contributed by atoms with E-state index in [1.165, 1.54) is 31.2 Å². The van der Waals surface area contributed by atoms with Gasteiger partial charge in [-0.3, -0.25) is 4.90 Å². The highest BCUT2D eigenvalue weighted by atomic mass is 16.4. The fourth-order valence-corrected chi connectivity index (χ4v) is 3.85. The summed E-state index contributed by atoms with van der Waals surface area (Å²) in [5, 5.41) is 0. The van der Waals surface area contributed by atoms with E-state index in [1.807, 2.05) is 13.0 Å². The van der Waals surface area contributed by atoms with Crippen LogP contribution < -0.4 is 0 Å². The summed E-state index contributed by atoms with van der Waals surface area (Å²) >= 11 is 0. The van der Waals surface area contributed by atoms with Gasteiger partial charge in [0.1, 0.15) is 12.0 Å². The van der Waals surface area contributed by atoms with Crippen LogP contribution >= 0.6 is 0 Å². The molecule has 136 valence electrons. The molecule has 4 nitrogen and oxygen atoms in total. The molecule has 0 spiro atoms. The fourth-order valence-electron chi connectivity index (χ4n) is 3.85. The van der Waals surface area contributed by atoms with E-state index in [0.717, 1.165) is 36.5 Å². The Bertz CT molecular complexity index is 808. The maximum Gasteiger partial charge on any atom is 0.229 e. The molecule has 4 heteroatoms. The molecule has 4 rings (SSSR count). The standard InChI is InChI=1S/C22H26N2O2/c1-17-21(23-22(26-17)19-12-14-25-16-19)15-24-13-6-5-9-20(24)11-10-18-7-3-2-4-8-18/h2-4,7-8,12,14,16,20H,5-6,9-11,13,15H2,1H3/t20-/m0/s1. The molecule has 1 atom stereocenters. The van der Waals surface area contributed by atoms with Gasteiger partial charge in [0.15, 0.2) is 0 Å². The molecule has 0 saturated carbocycles. The molecule has 0 unspecified atom stereocenters. The van der Waals surface area contributed by atoms with Crippen molar-refractivity contribution in [1.29, 1.82) is 0 Å². The lowest BCUT2D eigenvalue weighted by molar-refractivity contribution is 0.130. The Labute approximate surface area is 154 Å². The van der Waals surface area contributed by atoms with Crippen LogP contribution in [-0.2, 0) is 13.0 Å². The number of nitrogens with zero attached hydrogens (tertiary/aromatic N) is 2. The lowest BCUT2D eigenvalue weighted by Crippen LogP contribution is -2.39. The molecule has 26 heavy (non-hydrogen) atoms. The second-order valence-corrected chi connectivity index (χ2v) is 7.18. The van der Waals surface area contributed by atoms with Gasteiger partial charge in [-0.05, 0) is 50.8 Å². The summed E-state index contributed by atoms with van der Waals surface area (Å²) < 4.78 is 11.0. The van der Waals surface area contributed by atoms with Crippen LogP contribution in [0.3, 0.4) is 0 Å². The predicted molar refractivity (Wildman–Crippen MR) is 102 cm³/mol. The van der Waals surface area contributed by atoms with Crippen molar-refractivity contribution in [2.24, 2.45) is 0 Å². The molecule has 0 aliphatic carbocycles. The average molecular weight is 350 g/mol. The first-order valence-electron chi connectivity index (χ1n) is 9.56. The van der Waals surface area contributed by atoms with Crippen LogP contribution in [0.15, 0.2) is 57.8 Å². The van der Waals surface area contributed by atoms with Crippen LogP contribution in [-0.4, -0.2) is 22.5 Å². The third-order valence-electron chi connectivity index (χ3n) is 5.37. The second kappa shape index (κ2) is 7.92. The van der Waals surface area contributed by atoms with Crippen LogP contribution in [0, 0.1) is 6.92 Å². The Kier molecular flexibility index (Phi) is 5.21. The van der Waals surface area contributed by atoms with Crippen LogP contribution in [0.5, 0.6) is 0 Å². The summed E-state index contributed by atoms with van der Waals surface area (Å²) in [5.41, 5.74) is 3.38. The van der Waals surface area contributed by atoms with E-state index in [-0.39, 0.29) is 0 Å². The molecule has 1 aromatic carbocycles. The molecule has 3 aromatic rings. The number of piperidine rings is 1. The summed E-state index contributed by atoms with van der Waals surface area (Å²) in [7, 11) is 0. The predicted octanol–water partition coefficient (Wildman–Crippen LogP) is 5.23. The van der Waals surface area contributed by atoms with Crippen LogP contribution in [0.2, 0.25) is 0 Å². The van der Waals surface area contributed by atoms with Crippen molar-refractivity contribution < 1.29 is 8.83 Å². The number of furan rings is 1. The SMILES string of the molecule is Cc1oc(-c2ccoc2)nc1CN1CCCC[C@H]1CCc1ccccc1. The quantitative estimate of drug-likeness (QED) is 0.610. The zero-order valence-electron chi connectivity index (χ0n) is 15.4. The normalized spacial score (nSPS) is 18.3. The molecular formula is C22H26N2O2. The highest BCUT2D eigenvalue weighted by Crippen LogP contribution is 2.27. The van der Waals surface area contributed by atoms with E-state index >= 15 is 0 Å². The first-order valence-corrected chi connectivity index (χ1v) is 9.56. The van der Waals surface area contributed by atoms with Crippen molar-refractivity contribution in [2.75, 3.05) is 6.54 Å². The molecule has 0 amide bonds. The van der Waals surface area contributed by atoms with E-state index in [1.54, 1.807) is 12.5 Å². The summed E-state index contributed by atoms with van der Waals surface area (Å²) in [4.78, 5) is 7.32. The molecule has 1 fully saturated rings. The number of hydrogen-bond acceptors (Lipinski definition) is 4. The molecular weight excluding hydrogens is 324 g/mol. The van der Waals surface area contributed by atoms with Crippen LogP contribution in [0.1, 0.15) is 42.7 Å². The number of aromatic nitrogens is 1. The van der Waals surface area contributed by atoms with E-state index in [2.05, 4.69) is 35.2 Å². The van der Waals surface area contributed by atoms with Crippen molar-refractivity contribution in [2.45, 2.75) is 51.6 Å². The van der Waals surface area contributed by atoms with E-state index in [0.29, 0.717) is 11.9 Å². The summed E-state index contributed by atoms with van der Waals surface area (Å²) in [6, 6.07) is 13.3. The lowest BCUT2D eigenvalue weighted by atomic mass is 9.95. The van der Waals surface area contributed by atoms with Crippen LogP contribution in [0.4, 0.5) is 0 Å². The van der Waals surface area contributed by atoms with Gasteiger partial charge in [-0.2, -0.15) is 0 Å². The Morgan fingerprint density at radius 3 is 2.85 bits per heavy atom. The topological polar surface area (TPSA) is 42.4 Å². The van der Waals surface area contributed by atoms with E-state index < -0.39 is 0 Å². The number of likely N-dealkylation sites (tertiary alicyclic amines) is 1. The number of hydrogen-bond donors (Lipinski definition) is 0. The number of aryl methyl sites for hydroxylation is 2. The highest BCUT2D eigenvalue weighted by Gasteiger charge is 2.24. The molecule has 0 radical (unpaired) electrons. The molecule has 2 aromatic heterocycles. The summed E-state index contributed by atoms with van der Waals surface area (Å²) in [6.07, 6.45) is 9.55. The number of rotatable bonds is 6. The Balaban J connectivity index is 1.43. The van der Waals surface area contributed by atoms with Crippen molar-refractivity contribution >= 4 is 0 Å². The van der Waals surface area contributed by atoms with Gasteiger partial charge >= 0.3 is 0 Å². The fraction of sp³-hybridized carbons (Fsp3) is 0.409. The van der Waals surface area contributed by atoms with E-state index in [9.17, 15) is 0 Å². The molecule has 1 aliphatic rings. The first kappa shape index (κ1) is 17.1. The highest BCUT2D eigenvalue weighted by molar-refractivity contribution is 5.51. The molecule has 1 aliphatic heterocycles. The largest absolute Gasteiger partial charge is 0.472 e. The lowest BCUT2D eigenvalue weighted by Gasteiger charge is -2.35. The molecule has 0 N–H and O–H groups in total. The summed E-state index contributed by atoms with van der Waals surface area (Å²) in [6.45, 7) is 4.02. The average Bonchev–Trinajstić information content (AvgIpc) is 3.32. The van der Waals surface area contributed by atoms with Crippen molar-refractivity contribution in [3.63, 3.8) is 0 Å². The van der Waals surface area contributed by atoms with Gasteiger partial charge in [0.25, 0.3) is 0 Å². The van der Waals surface area contributed by atoms with Gasteiger partial charge in [0.05, 0.1) is 17.5 Å². The Morgan fingerprint density at radius 2 is 2.04 bits per heavy atom. The van der Waals surface area contributed by atoms with Crippen LogP contribution in [0.25, 0.3) is 11.5 Å². The monoisotopic (exact) mass is 350 g/mol. The minimum atomic E-state index is 0.623. The molecule has 3 heterocycles. The third-order valence-corrected chi connectivity index (χ3v) is 5.37. The molecule has 1 saturated heterocycles. The minimum absolute atomic E-state index is 0.623. The maximum absolute atomic E-state index is 5.87. The van der Waals surface area contributed by atoms with E-state index in [4.69, 9.17) is 13.8 Å². The maximum atomic E-state index is 5.87. The van der Waals surface area contributed by atoms with Crippen molar-refractivity contribution in [3.8, 4) is 11.5 Å². The second-order valence-electron chi connectivity index (χ2n) is 7.18. The number of oxazole rings is 1. The minimum Gasteiger partial charge on any atom is -0.472 e.